The van der Waals surface area contributed by atoms with Gasteiger partial charge >= 0.3 is 0 Å². The molecule has 2 aliphatic carbocycles. The van der Waals surface area contributed by atoms with Crippen molar-refractivity contribution in [1.29, 1.82) is 0 Å². The molecule has 1 fully saturated rings. The van der Waals surface area contributed by atoms with Gasteiger partial charge in [0, 0.05) is 39.6 Å². The van der Waals surface area contributed by atoms with Gasteiger partial charge in [-0.05, 0) is 37.5 Å². The molecular weight excluding hydrogens is 425 g/mol. The summed E-state index contributed by atoms with van der Waals surface area (Å²) in [4.78, 5) is 35.9. The second-order valence-corrected chi connectivity index (χ2v) is 8.31. The van der Waals surface area contributed by atoms with Gasteiger partial charge in [-0.1, -0.05) is 23.2 Å². The lowest BCUT2D eigenvalue weighted by atomic mass is 9.93. The first-order chi connectivity index (χ1) is 14.3. The second kappa shape index (κ2) is 9.58. The fraction of sp³-hybridized carbons (Fsp3) is 0.364. The molecule has 6 nitrogen and oxygen atoms in total. The quantitative estimate of drug-likeness (QED) is 0.502. The number of Topliss-reactive ketones (excluding diaryl/α,β-unsaturated/α-hetero) is 3. The molecule has 0 spiro atoms. The molecule has 4 rings (SSSR count). The van der Waals surface area contributed by atoms with Crippen LogP contribution in [-0.4, -0.2) is 46.1 Å². The molecule has 0 atom stereocenters. The Morgan fingerprint density at radius 1 is 0.933 bits per heavy atom. The van der Waals surface area contributed by atoms with Gasteiger partial charge in [0.2, 0.25) is 0 Å². The predicted octanol–water partition coefficient (Wildman–Crippen LogP) is 4.45. The zero-order valence-electron chi connectivity index (χ0n) is 17.0. The van der Waals surface area contributed by atoms with Crippen molar-refractivity contribution in [3.8, 4) is 5.69 Å². The third-order valence-electron chi connectivity index (χ3n) is 4.93. The molecule has 158 valence electrons. The number of carbonyl (C=O) groups is 3. The standard InChI is InChI=1S/C13H10Cl2N2O.C9H13NO2/c14-10-5-4-8(6-11(10)15)17-12-2-1-3-13(18)9(12)7-16-17;1-10(2)6-7-8(11)4-3-5-9(7)12/h4-7H,1-3H2;6H,3-5H2,1-2H3. The van der Waals surface area contributed by atoms with E-state index in [4.69, 9.17) is 23.2 Å². The van der Waals surface area contributed by atoms with Gasteiger partial charge in [-0.25, -0.2) is 4.68 Å². The third kappa shape index (κ3) is 4.99. The molecule has 0 saturated heterocycles. The normalized spacial score (nSPS) is 16.0. The SMILES string of the molecule is CN(C)C=C1C(=O)CCCC1=O.O=C1CCCc2c1cnn2-c1ccc(Cl)c(Cl)c1. The van der Waals surface area contributed by atoms with Gasteiger partial charge in [0.1, 0.15) is 0 Å². The van der Waals surface area contributed by atoms with Crippen molar-refractivity contribution in [1.82, 2.24) is 14.7 Å². The maximum absolute atomic E-state index is 11.8. The van der Waals surface area contributed by atoms with Crippen LogP contribution in [0.1, 0.15) is 48.2 Å². The van der Waals surface area contributed by atoms with Crippen LogP contribution >= 0.6 is 23.2 Å². The van der Waals surface area contributed by atoms with Crippen molar-refractivity contribution in [2.45, 2.75) is 38.5 Å². The number of halogens is 2. The minimum Gasteiger partial charge on any atom is -0.383 e. The molecule has 2 aromatic rings. The lowest BCUT2D eigenvalue weighted by molar-refractivity contribution is -0.123. The Balaban J connectivity index is 0.000000187. The van der Waals surface area contributed by atoms with Gasteiger partial charge in [-0.2, -0.15) is 5.10 Å². The van der Waals surface area contributed by atoms with Crippen molar-refractivity contribution in [3.05, 3.63) is 57.5 Å². The number of aromatic nitrogens is 2. The molecule has 8 heteroatoms. The van der Waals surface area contributed by atoms with E-state index < -0.39 is 0 Å². The lowest BCUT2D eigenvalue weighted by Crippen LogP contribution is -2.21. The van der Waals surface area contributed by atoms with Gasteiger partial charge in [0.25, 0.3) is 0 Å². The van der Waals surface area contributed by atoms with Gasteiger partial charge in [-0.15, -0.1) is 0 Å². The summed E-state index contributed by atoms with van der Waals surface area (Å²) in [5.74, 6) is 0.141. The zero-order valence-corrected chi connectivity index (χ0v) is 18.5. The second-order valence-electron chi connectivity index (χ2n) is 7.50. The Labute approximate surface area is 185 Å². The smallest absolute Gasteiger partial charge is 0.167 e. The van der Waals surface area contributed by atoms with E-state index in [1.807, 2.05) is 20.2 Å². The summed E-state index contributed by atoms with van der Waals surface area (Å²) in [7, 11) is 3.62. The number of benzene rings is 1. The Morgan fingerprint density at radius 3 is 2.20 bits per heavy atom. The van der Waals surface area contributed by atoms with E-state index in [2.05, 4.69) is 5.10 Å². The largest absolute Gasteiger partial charge is 0.383 e. The number of hydrogen-bond acceptors (Lipinski definition) is 5. The summed E-state index contributed by atoms with van der Waals surface area (Å²) in [5.41, 5.74) is 2.89. The topological polar surface area (TPSA) is 72.3 Å². The number of fused-ring (bicyclic) bond motifs is 1. The summed E-state index contributed by atoms with van der Waals surface area (Å²) in [6, 6.07) is 5.34. The molecule has 0 amide bonds. The minimum absolute atomic E-state index is 0.0139. The van der Waals surface area contributed by atoms with E-state index >= 15 is 0 Å². The number of carbonyl (C=O) groups excluding carboxylic acids is 3. The fourth-order valence-electron chi connectivity index (χ4n) is 3.47. The molecule has 0 bridgehead atoms. The van der Waals surface area contributed by atoms with Gasteiger partial charge < -0.3 is 4.90 Å². The van der Waals surface area contributed by atoms with E-state index in [-0.39, 0.29) is 17.3 Å². The van der Waals surface area contributed by atoms with E-state index in [0.717, 1.165) is 29.8 Å². The minimum atomic E-state index is -0.0139. The highest BCUT2D eigenvalue weighted by molar-refractivity contribution is 6.42. The van der Waals surface area contributed by atoms with Crippen LogP contribution in [0, 0.1) is 0 Å². The zero-order chi connectivity index (χ0) is 21.8. The molecule has 30 heavy (non-hydrogen) atoms. The van der Waals surface area contributed by atoms with Crippen molar-refractivity contribution < 1.29 is 14.4 Å². The Morgan fingerprint density at radius 2 is 1.57 bits per heavy atom. The van der Waals surface area contributed by atoms with Crippen LogP contribution in [0.25, 0.3) is 5.69 Å². The monoisotopic (exact) mass is 447 g/mol. The van der Waals surface area contributed by atoms with Crippen molar-refractivity contribution in [3.63, 3.8) is 0 Å². The summed E-state index contributed by atoms with van der Waals surface area (Å²) >= 11 is 11.9. The van der Waals surface area contributed by atoms with Crippen LogP contribution in [-0.2, 0) is 16.0 Å². The fourth-order valence-corrected chi connectivity index (χ4v) is 3.77. The molecule has 0 N–H and O–H groups in total. The molecule has 1 saturated carbocycles. The average molecular weight is 448 g/mol. The van der Waals surface area contributed by atoms with E-state index in [1.54, 1.807) is 34.1 Å². The van der Waals surface area contributed by atoms with Crippen molar-refractivity contribution in [2.75, 3.05) is 14.1 Å². The molecule has 0 radical (unpaired) electrons. The molecule has 1 heterocycles. The summed E-state index contributed by atoms with van der Waals surface area (Å²) < 4.78 is 1.77. The molecular formula is C22H23Cl2N3O3. The first kappa shape index (κ1) is 22.2. The molecule has 1 aromatic carbocycles. The van der Waals surface area contributed by atoms with Crippen LogP contribution in [0.4, 0.5) is 0 Å². The highest BCUT2D eigenvalue weighted by Gasteiger charge is 2.23. The highest BCUT2D eigenvalue weighted by Crippen LogP contribution is 2.28. The summed E-state index contributed by atoms with van der Waals surface area (Å²) in [6.07, 6.45) is 7.35. The molecule has 0 aliphatic heterocycles. The summed E-state index contributed by atoms with van der Waals surface area (Å²) in [5, 5.41) is 5.28. The molecule has 2 aliphatic rings. The van der Waals surface area contributed by atoms with Crippen molar-refractivity contribution in [2.24, 2.45) is 0 Å². The predicted molar refractivity (Wildman–Crippen MR) is 116 cm³/mol. The van der Waals surface area contributed by atoms with E-state index in [0.29, 0.717) is 41.3 Å². The third-order valence-corrected chi connectivity index (χ3v) is 5.67. The van der Waals surface area contributed by atoms with Gasteiger partial charge in [0.05, 0.1) is 38.8 Å². The highest BCUT2D eigenvalue weighted by atomic mass is 35.5. The maximum Gasteiger partial charge on any atom is 0.167 e. The van der Waals surface area contributed by atoms with Gasteiger partial charge in [0.15, 0.2) is 17.3 Å². The lowest BCUT2D eigenvalue weighted by Gasteiger charge is -2.13. The number of hydrogen-bond donors (Lipinski definition) is 0. The number of ketones is 3. The van der Waals surface area contributed by atoms with Gasteiger partial charge in [-0.3, -0.25) is 14.4 Å². The maximum atomic E-state index is 11.8. The first-order valence-corrected chi connectivity index (χ1v) is 10.5. The van der Waals surface area contributed by atoms with Crippen LogP contribution in [0.5, 0.6) is 0 Å². The van der Waals surface area contributed by atoms with E-state index in [1.165, 1.54) is 0 Å². The first-order valence-electron chi connectivity index (χ1n) is 9.78. The number of allylic oxidation sites excluding steroid dienone is 1. The Hall–Kier alpha value is -2.44. The van der Waals surface area contributed by atoms with Crippen LogP contribution in [0.15, 0.2) is 36.2 Å². The molecule has 1 aromatic heterocycles. The van der Waals surface area contributed by atoms with Crippen LogP contribution in [0.3, 0.4) is 0 Å². The Kier molecular flexibility index (Phi) is 7.10. The summed E-state index contributed by atoms with van der Waals surface area (Å²) in [6.45, 7) is 0. The van der Waals surface area contributed by atoms with Crippen LogP contribution in [0.2, 0.25) is 10.0 Å². The molecule has 0 unspecified atom stereocenters. The van der Waals surface area contributed by atoms with E-state index in [9.17, 15) is 14.4 Å². The number of nitrogens with zero attached hydrogens (tertiary/aromatic N) is 3. The average Bonchev–Trinajstić information content (AvgIpc) is 3.13. The van der Waals surface area contributed by atoms with Crippen molar-refractivity contribution >= 4 is 40.6 Å². The van der Waals surface area contributed by atoms with Crippen LogP contribution < -0.4 is 0 Å². The number of rotatable bonds is 2. The Bertz CT molecular complexity index is 1010.